The number of hydrogen-bond acceptors (Lipinski definition) is 5. The third kappa shape index (κ3) is 4.02. The summed E-state index contributed by atoms with van der Waals surface area (Å²) in [6.45, 7) is 4.49. The van der Waals surface area contributed by atoms with Crippen molar-refractivity contribution in [3.63, 3.8) is 0 Å². The van der Waals surface area contributed by atoms with E-state index in [4.69, 9.17) is 5.73 Å². The third-order valence-corrected chi connectivity index (χ3v) is 2.26. The highest BCUT2D eigenvalue weighted by Crippen LogP contribution is 2.09. The molecule has 1 aromatic heterocycles. The van der Waals surface area contributed by atoms with E-state index in [9.17, 15) is 5.11 Å². The van der Waals surface area contributed by atoms with Crippen molar-refractivity contribution in [3.8, 4) is 0 Å². The van der Waals surface area contributed by atoms with Crippen LogP contribution in [0.3, 0.4) is 0 Å². The lowest BCUT2D eigenvalue weighted by Gasteiger charge is -2.11. The standard InChI is InChI=1S/C11H20N4O/c1-3-5-10-14-9(12)6-11(15-10)13-7-8(16)4-2/h6,8,16H,3-5,7H2,1-2H3,(H3,12,13,14,15). The Morgan fingerprint density at radius 2 is 2.19 bits per heavy atom. The highest BCUT2D eigenvalue weighted by molar-refractivity contribution is 5.44. The highest BCUT2D eigenvalue weighted by Gasteiger charge is 2.04. The Kier molecular flexibility index (Phi) is 4.98. The maximum atomic E-state index is 9.42. The van der Waals surface area contributed by atoms with Gasteiger partial charge in [0.1, 0.15) is 17.5 Å². The average molecular weight is 224 g/mol. The smallest absolute Gasteiger partial charge is 0.133 e. The minimum absolute atomic E-state index is 0.356. The van der Waals surface area contributed by atoms with Crippen molar-refractivity contribution in [1.82, 2.24) is 9.97 Å². The summed E-state index contributed by atoms with van der Waals surface area (Å²) in [6.07, 6.45) is 2.16. The van der Waals surface area contributed by atoms with Crippen LogP contribution in [0.25, 0.3) is 0 Å². The maximum Gasteiger partial charge on any atom is 0.133 e. The normalized spacial score (nSPS) is 12.4. The minimum atomic E-state index is -0.356. The van der Waals surface area contributed by atoms with E-state index in [2.05, 4.69) is 22.2 Å². The predicted molar refractivity (Wildman–Crippen MR) is 65.2 cm³/mol. The van der Waals surface area contributed by atoms with E-state index < -0.39 is 0 Å². The Balaban J connectivity index is 2.64. The molecular weight excluding hydrogens is 204 g/mol. The van der Waals surface area contributed by atoms with Crippen molar-refractivity contribution in [2.45, 2.75) is 39.2 Å². The van der Waals surface area contributed by atoms with Crippen LogP contribution in [-0.4, -0.2) is 27.7 Å². The van der Waals surface area contributed by atoms with Crippen molar-refractivity contribution >= 4 is 11.6 Å². The summed E-state index contributed by atoms with van der Waals surface area (Å²) in [5.74, 6) is 1.89. The molecule has 1 aromatic rings. The predicted octanol–water partition coefficient (Wildman–Crippen LogP) is 1.19. The second-order valence-corrected chi connectivity index (χ2v) is 3.79. The summed E-state index contributed by atoms with van der Waals surface area (Å²) >= 11 is 0. The Hall–Kier alpha value is -1.36. The van der Waals surface area contributed by atoms with Gasteiger partial charge in [0.2, 0.25) is 0 Å². The average Bonchev–Trinajstić information content (AvgIpc) is 2.25. The monoisotopic (exact) mass is 224 g/mol. The van der Waals surface area contributed by atoms with Crippen LogP contribution < -0.4 is 11.1 Å². The molecule has 5 nitrogen and oxygen atoms in total. The van der Waals surface area contributed by atoms with Gasteiger partial charge in [0, 0.05) is 19.0 Å². The summed E-state index contributed by atoms with van der Waals surface area (Å²) in [5.41, 5.74) is 5.67. The van der Waals surface area contributed by atoms with E-state index in [0.29, 0.717) is 18.2 Å². The van der Waals surface area contributed by atoms with E-state index in [1.165, 1.54) is 0 Å². The second kappa shape index (κ2) is 6.27. The first-order valence-electron chi connectivity index (χ1n) is 5.71. The highest BCUT2D eigenvalue weighted by atomic mass is 16.3. The molecule has 0 aliphatic rings. The Morgan fingerprint density at radius 1 is 1.44 bits per heavy atom. The van der Waals surface area contributed by atoms with Crippen LogP contribution in [0.1, 0.15) is 32.5 Å². The molecule has 4 N–H and O–H groups in total. The van der Waals surface area contributed by atoms with Gasteiger partial charge in [-0.15, -0.1) is 0 Å². The second-order valence-electron chi connectivity index (χ2n) is 3.79. The first-order chi connectivity index (χ1) is 7.65. The zero-order chi connectivity index (χ0) is 12.0. The number of aliphatic hydroxyl groups excluding tert-OH is 1. The molecule has 0 fully saturated rings. The molecular formula is C11H20N4O. The number of nitrogen functional groups attached to an aromatic ring is 1. The van der Waals surface area contributed by atoms with Gasteiger partial charge in [0.15, 0.2) is 0 Å². The molecule has 1 rings (SSSR count). The minimum Gasteiger partial charge on any atom is -0.391 e. The zero-order valence-electron chi connectivity index (χ0n) is 9.90. The van der Waals surface area contributed by atoms with E-state index in [1.807, 2.05) is 6.92 Å². The van der Waals surface area contributed by atoms with Crippen LogP contribution in [0, 0.1) is 0 Å². The molecule has 0 saturated carbocycles. The number of nitrogens with zero attached hydrogens (tertiary/aromatic N) is 2. The molecule has 0 aromatic carbocycles. The van der Waals surface area contributed by atoms with E-state index in [1.54, 1.807) is 6.07 Å². The molecule has 0 radical (unpaired) electrons. The molecule has 0 aliphatic heterocycles. The molecule has 1 atom stereocenters. The van der Waals surface area contributed by atoms with Crippen LogP contribution in [0.4, 0.5) is 11.6 Å². The number of anilines is 2. The molecule has 0 amide bonds. The lowest BCUT2D eigenvalue weighted by Crippen LogP contribution is -2.19. The van der Waals surface area contributed by atoms with Crippen molar-refractivity contribution in [2.24, 2.45) is 0 Å². The van der Waals surface area contributed by atoms with Gasteiger partial charge in [0.25, 0.3) is 0 Å². The molecule has 0 spiro atoms. The van der Waals surface area contributed by atoms with Gasteiger partial charge in [0.05, 0.1) is 6.10 Å². The summed E-state index contributed by atoms with van der Waals surface area (Å²) in [7, 11) is 0. The van der Waals surface area contributed by atoms with Gasteiger partial charge >= 0.3 is 0 Å². The van der Waals surface area contributed by atoms with Crippen LogP contribution in [0.5, 0.6) is 0 Å². The topological polar surface area (TPSA) is 84.1 Å². The van der Waals surface area contributed by atoms with Crippen molar-refractivity contribution in [2.75, 3.05) is 17.6 Å². The molecule has 16 heavy (non-hydrogen) atoms. The van der Waals surface area contributed by atoms with Crippen LogP contribution >= 0.6 is 0 Å². The number of nitrogens with two attached hydrogens (primary N) is 1. The number of aliphatic hydroxyl groups is 1. The number of aryl methyl sites for hydroxylation is 1. The van der Waals surface area contributed by atoms with Gasteiger partial charge in [-0.3, -0.25) is 0 Å². The largest absolute Gasteiger partial charge is 0.391 e. The van der Waals surface area contributed by atoms with Gasteiger partial charge in [-0.25, -0.2) is 9.97 Å². The van der Waals surface area contributed by atoms with Gasteiger partial charge in [-0.2, -0.15) is 0 Å². The Bertz CT molecular complexity index is 330. The fourth-order valence-electron chi connectivity index (χ4n) is 1.31. The SMILES string of the molecule is CCCc1nc(N)cc(NCC(O)CC)n1. The number of rotatable bonds is 6. The van der Waals surface area contributed by atoms with Crippen molar-refractivity contribution in [1.29, 1.82) is 0 Å². The lowest BCUT2D eigenvalue weighted by atomic mass is 10.3. The summed E-state index contributed by atoms with van der Waals surface area (Å²) < 4.78 is 0. The van der Waals surface area contributed by atoms with E-state index >= 15 is 0 Å². The number of hydrogen-bond donors (Lipinski definition) is 3. The summed E-state index contributed by atoms with van der Waals surface area (Å²) in [6, 6.07) is 1.68. The summed E-state index contributed by atoms with van der Waals surface area (Å²) in [4.78, 5) is 8.45. The molecule has 90 valence electrons. The molecule has 1 heterocycles. The van der Waals surface area contributed by atoms with E-state index in [-0.39, 0.29) is 6.10 Å². The zero-order valence-corrected chi connectivity index (χ0v) is 9.90. The van der Waals surface area contributed by atoms with Crippen LogP contribution in [-0.2, 0) is 6.42 Å². The third-order valence-electron chi connectivity index (χ3n) is 2.26. The first-order valence-corrected chi connectivity index (χ1v) is 5.71. The molecule has 1 unspecified atom stereocenters. The van der Waals surface area contributed by atoms with Gasteiger partial charge in [-0.1, -0.05) is 13.8 Å². The molecule has 0 aliphatic carbocycles. The quantitative estimate of drug-likeness (QED) is 0.676. The molecule has 5 heteroatoms. The fourth-order valence-corrected chi connectivity index (χ4v) is 1.31. The number of aromatic nitrogens is 2. The van der Waals surface area contributed by atoms with Crippen LogP contribution in [0.15, 0.2) is 6.07 Å². The molecule has 0 bridgehead atoms. The van der Waals surface area contributed by atoms with Crippen molar-refractivity contribution in [3.05, 3.63) is 11.9 Å². The van der Waals surface area contributed by atoms with Gasteiger partial charge in [-0.05, 0) is 12.8 Å². The summed E-state index contributed by atoms with van der Waals surface area (Å²) in [5, 5.41) is 12.5. The fraction of sp³-hybridized carbons (Fsp3) is 0.636. The molecule has 0 saturated heterocycles. The lowest BCUT2D eigenvalue weighted by molar-refractivity contribution is 0.183. The Labute approximate surface area is 96.1 Å². The van der Waals surface area contributed by atoms with Gasteiger partial charge < -0.3 is 16.2 Å². The van der Waals surface area contributed by atoms with Crippen molar-refractivity contribution < 1.29 is 5.11 Å². The maximum absolute atomic E-state index is 9.42. The van der Waals surface area contributed by atoms with Crippen LogP contribution in [0.2, 0.25) is 0 Å². The Morgan fingerprint density at radius 3 is 2.81 bits per heavy atom. The number of nitrogens with one attached hydrogen (secondary N) is 1. The van der Waals surface area contributed by atoms with E-state index in [0.717, 1.165) is 25.1 Å². The first kappa shape index (κ1) is 12.7.